The maximum Gasteiger partial charge on any atom is 0.223 e. The van der Waals surface area contributed by atoms with Gasteiger partial charge in [0.05, 0.1) is 6.54 Å². The number of hydrogen-bond acceptors (Lipinski definition) is 4. The van der Waals surface area contributed by atoms with Crippen molar-refractivity contribution in [2.45, 2.75) is 32.7 Å². The molecule has 17 heavy (non-hydrogen) atoms. The second-order valence-corrected chi connectivity index (χ2v) is 4.97. The molecule has 6 nitrogen and oxygen atoms in total. The monoisotopic (exact) mass is 237 g/mol. The first-order chi connectivity index (χ1) is 8.04. The maximum atomic E-state index is 12.0. The lowest BCUT2D eigenvalue weighted by Crippen LogP contribution is -2.31. The predicted octanol–water partition coefficient (Wildman–Crippen LogP) is 0.201. The smallest absolute Gasteiger partial charge is 0.223 e. The zero-order valence-electron chi connectivity index (χ0n) is 10.4. The van der Waals surface area contributed by atoms with Crippen LogP contribution in [-0.2, 0) is 11.3 Å². The minimum Gasteiger partial charge on any atom is -0.338 e. The van der Waals surface area contributed by atoms with E-state index in [2.05, 4.69) is 15.2 Å². The summed E-state index contributed by atoms with van der Waals surface area (Å²) in [5.74, 6) is 1.54. The molecule has 1 heterocycles. The van der Waals surface area contributed by atoms with Gasteiger partial charge < -0.3 is 10.6 Å². The van der Waals surface area contributed by atoms with Gasteiger partial charge in [0.25, 0.3) is 0 Å². The normalized spacial score (nSPS) is 16.9. The lowest BCUT2D eigenvalue weighted by molar-refractivity contribution is -0.131. The first kappa shape index (κ1) is 12.0. The first-order valence-corrected chi connectivity index (χ1v) is 5.87. The summed E-state index contributed by atoms with van der Waals surface area (Å²) in [5, 5.41) is 6.78. The van der Waals surface area contributed by atoms with Crippen LogP contribution in [0, 0.1) is 12.3 Å². The molecule has 2 rings (SSSR count). The van der Waals surface area contributed by atoms with Crippen molar-refractivity contribution in [3.05, 3.63) is 11.6 Å². The fourth-order valence-corrected chi connectivity index (χ4v) is 1.85. The molecular formula is C11H19N5O. The van der Waals surface area contributed by atoms with E-state index in [1.54, 1.807) is 11.9 Å². The molecule has 0 spiro atoms. The van der Waals surface area contributed by atoms with Crippen LogP contribution in [0.2, 0.25) is 0 Å². The summed E-state index contributed by atoms with van der Waals surface area (Å²) in [5.41, 5.74) is 5.76. The number of rotatable bonds is 5. The second-order valence-electron chi connectivity index (χ2n) is 4.97. The topological polar surface area (TPSA) is 87.9 Å². The summed E-state index contributed by atoms with van der Waals surface area (Å²) in [7, 11) is 1.78. The Labute approximate surface area is 101 Å². The van der Waals surface area contributed by atoms with Crippen LogP contribution >= 0.6 is 0 Å². The summed E-state index contributed by atoms with van der Waals surface area (Å²) in [4.78, 5) is 17.8. The number of H-pyrrole nitrogens is 1. The predicted molar refractivity (Wildman–Crippen MR) is 62.9 cm³/mol. The minimum absolute atomic E-state index is 0.0836. The standard InChI is InChI=1S/C11H19N5O/c1-8-13-9(15-14-8)6-16(2)10(17)5-11(7-12)3-4-11/h3-7,12H2,1-2H3,(H,13,14,15). The number of nitrogens with one attached hydrogen (secondary N) is 1. The van der Waals surface area contributed by atoms with E-state index in [4.69, 9.17) is 5.73 Å². The van der Waals surface area contributed by atoms with Crippen LogP contribution in [0.15, 0.2) is 0 Å². The van der Waals surface area contributed by atoms with Crippen molar-refractivity contribution >= 4 is 5.91 Å². The molecule has 0 bridgehead atoms. The van der Waals surface area contributed by atoms with Crippen LogP contribution in [0.25, 0.3) is 0 Å². The number of nitrogens with zero attached hydrogens (tertiary/aromatic N) is 3. The Hall–Kier alpha value is -1.43. The van der Waals surface area contributed by atoms with Crippen molar-refractivity contribution in [3.63, 3.8) is 0 Å². The quantitative estimate of drug-likeness (QED) is 0.765. The zero-order chi connectivity index (χ0) is 12.5. The average molecular weight is 237 g/mol. The Morgan fingerprint density at radius 2 is 2.29 bits per heavy atom. The van der Waals surface area contributed by atoms with Crippen molar-refractivity contribution in [1.29, 1.82) is 0 Å². The van der Waals surface area contributed by atoms with Gasteiger partial charge in [-0.3, -0.25) is 9.89 Å². The van der Waals surface area contributed by atoms with Gasteiger partial charge >= 0.3 is 0 Å². The number of hydrogen-bond donors (Lipinski definition) is 2. The molecule has 0 aliphatic heterocycles. The van der Waals surface area contributed by atoms with E-state index < -0.39 is 0 Å². The van der Waals surface area contributed by atoms with E-state index in [0.29, 0.717) is 25.3 Å². The second kappa shape index (κ2) is 4.44. The molecule has 1 amide bonds. The van der Waals surface area contributed by atoms with Crippen LogP contribution in [0.4, 0.5) is 0 Å². The zero-order valence-corrected chi connectivity index (χ0v) is 10.4. The highest BCUT2D eigenvalue weighted by Gasteiger charge is 2.43. The summed E-state index contributed by atoms with van der Waals surface area (Å²) in [6, 6.07) is 0. The van der Waals surface area contributed by atoms with Crippen LogP contribution < -0.4 is 5.73 Å². The molecule has 0 atom stereocenters. The number of carbonyl (C=O) groups excluding carboxylic acids is 1. The molecule has 0 unspecified atom stereocenters. The van der Waals surface area contributed by atoms with E-state index in [9.17, 15) is 4.79 Å². The largest absolute Gasteiger partial charge is 0.338 e. The summed E-state index contributed by atoms with van der Waals surface area (Å²) < 4.78 is 0. The van der Waals surface area contributed by atoms with E-state index in [1.807, 2.05) is 6.92 Å². The summed E-state index contributed by atoms with van der Waals surface area (Å²) in [6.45, 7) is 2.89. The van der Waals surface area contributed by atoms with Crippen molar-refractivity contribution in [3.8, 4) is 0 Å². The van der Waals surface area contributed by atoms with E-state index in [0.717, 1.165) is 18.7 Å². The molecule has 0 aromatic carbocycles. The summed E-state index contributed by atoms with van der Waals surface area (Å²) >= 11 is 0. The molecule has 3 N–H and O–H groups in total. The third kappa shape index (κ3) is 2.82. The minimum atomic E-state index is 0.0836. The number of amides is 1. The molecule has 6 heteroatoms. The number of nitrogens with two attached hydrogens (primary N) is 1. The molecule has 1 aliphatic carbocycles. The lowest BCUT2D eigenvalue weighted by atomic mass is 10.0. The molecular weight excluding hydrogens is 218 g/mol. The number of carbonyl (C=O) groups is 1. The van der Waals surface area contributed by atoms with E-state index in [1.165, 1.54) is 0 Å². The van der Waals surface area contributed by atoms with Gasteiger partial charge in [-0.15, -0.1) is 0 Å². The Kier molecular flexibility index (Phi) is 3.15. The van der Waals surface area contributed by atoms with Crippen LogP contribution in [0.3, 0.4) is 0 Å². The van der Waals surface area contributed by atoms with Crippen molar-refractivity contribution in [2.75, 3.05) is 13.6 Å². The van der Waals surface area contributed by atoms with Gasteiger partial charge in [0, 0.05) is 13.5 Å². The Bertz CT molecular complexity index is 410. The average Bonchev–Trinajstić information content (AvgIpc) is 2.95. The number of aromatic amines is 1. The molecule has 0 saturated heterocycles. The number of aromatic nitrogens is 3. The summed E-state index contributed by atoms with van der Waals surface area (Å²) in [6.07, 6.45) is 2.69. The third-order valence-electron chi connectivity index (χ3n) is 3.36. The van der Waals surface area contributed by atoms with E-state index in [-0.39, 0.29) is 11.3 Å². The number of aryl methyl sites for hydroxylation is 1. The molecule has 1 fully saturated rings. The van der Waals surface area contributed by atoms with Crippen LogP contribution in [0.1, 0.15) is 30.9 Å². The Balaban J connectivity index is 1.87. The SMILES string of the molecule is Cc1nc(CN(C)C(=O)CC2(CN)CC2)n[nH]1. The molecule has 1 aliphatic rings. The van der Waals surface area contributed by atoms with Gasteiger partial charge in [-0.05, 0) is 31.7 Å². The van der Waals surface area contributed by atoms with Crippen LogP contribution in [-0.4, -0.2) is 39.6 Å². The van der Waals surface area contributed by atoms with Gasteiger partial charge in [0.1, 0.15) is 5.82 Å². The fraction of sp³-hybridized carbons (Fsp3) is 0.727. The van der Waals surface area contributed by atoms with Crippen molar-refractivity contribution in [2.24, 2.45) is 11.1 Å². The lowest BCUT2D eigenvalue weighted by Gasteiger charge is -2.19. The highest BCUT2D eigenvalue weighted by atomic mass is 16.2. The third-order valence-corrected chi connectivity index (χ3v) is 3.36. The Morgan fingerprint density at radius 3 is 2.76 bits per heavy atom. The molecule has 0 radical (unpaired) electrons. The van der Waals surface area contributed by atoms with Gasteiger partial charge in [0.2, 0.25) is 5.91 Å². The highest BCUT2D eigenvalue weighted by molar-refractivity contribution is 5.77. The van der Waals surface area contributed by atoms with E-state index >= 15 is 0 Å². The van der Waals surface area contributed by atoms with Crippen molar-refractivity contribution in [1.82, 2.24) is 20.1 Å². The van der Waals surface area contributed by atoms with Gasteiger partial charge in [-0.1, -0.05) is 0 Å². The van der Waals surface area contributed by atoms with Gasteiger partial charge in [-0.2, -0.15) is 5.10 Å². The van der Waals surface area contributed by atoms with Gasteiger partial charge in [0.15, 0.2) is 5.82 Å². The molecule has 94 valence electrons. The molecule has 1 aromatic rings. The van der Waals surface area contributed by atoms with Gasteiger partial charge in [-0.25, -0.2) is 4.98 Å². The molecule has 1 saturated carbocycles. The fourth-order valence-electron chi connectivity index (χ4n) is 1.85. The first-order valence-electron chi connectivity index (χ1n) is 5.87. The molecule has 1 aromatic heterocycles. The van der Waals surface area contributed by atoms with Crippen LogP contribution in [0.5, 0.6) is 0 Å². The Morgan fingerprint density at radius 1 is 1.59 bits per heavy atom. The maximum absolute atomic E-state index is 12.0. The van der Waals surface area contributed by atoms with Crippen molar-refractivity contribution < 1.29 is 4.79 Å². The highest BCUT2D eigenvalue weighted by Crippen LogP contribution is 2.47.